The molecule has 2 N–H and O–H groups in total. The molecule has 2 heterocycles. The van der Waals surface area contributed by atoms with E-state index < -0.39 is 17.0 Å². The Balaban J connectivity index is 2.29. The quantitative estimate of drug-likeness (QED) is 0.788. The number of nitrogens with one attached hydrogen (secondary N) is 1. The van der Waals surface area contributed by atoms with Gasteiger partial charge in [-0.15, -0.1) is 0 Å². The molecule has 0 bridgehead atoms. The molecule has 2 aliphatic rings. The molecule has 0 spiro atoms. The van der Waals surface area contributed by atoms with Gasteiger partial charge in [-0.05, 0) is 45.1 Å². The average molecular weight is 296 g/mol. The van der Waals surface area contributed by atoms with Crippen molar-refractivity contribution in [3.05, 3.63) is 0 Å². The first kappa shape index (κ1) is 16.3. The molecule has 0 radical (unpaired) electrons. The molecule has 0 aliphatic carbocycles. The second-order valence-electron chi connectivity index (χ2n) is 6.51. The zero-order chi connectivity index (χ0) is 15.5. The van der Waals surface area contributed by atoms with Crippen LogP contribution in [0.5, 0.6) is 0 Å². The van der Waals surface area contributed by atoms with Crippen LogP contribution in [0.25, 0.3) is 0 Å². The highest BCUT2D eigenvalue weighted by Gasteiger charge is 2.54. The first-order valence-corrected chi connectivity index (χ1v) is 8.33. The van der Waals surface area contributed by atoms with Gasteiger partial charge in [-0.1, -0.05) is 26.7 Å². The summed E-state index contributed by atoms with van der Waals surface area (Å²) in [6.45, 7) is 5.50. The first-order chi connectivity index (χ1) is 10.0. The number of aliphatic carboxylic acids is 1. The van der Waals surface area contributed by atoms with Gasteiger partial charge in [0.2, 0.25) is 5.91 Å². The van der Waals surface area contributed by atoms with Crippen LogP contribution < -0.4 is 5.32 Å². The van der Waals surface area contributed by atoms with Gasteiger partial charge in [0.1, 0.15) is 5.54 Å². The Morgan fingerprint density at radius 3 is 2.38 bits per heavy atom. The van der Waals surface area contributed by atoms with Crippen molar-refractivity contribution in [3.63, 3.8) is 0 Å². The number of carboxylic acid groups (broad SMARTS) is 1. The van der Waals surface area contributed by atoms with E-state index in [0.29, 0.717) is 19.4 Å². The second-order valence-corrected chi connectivity index (χ2v) is 6.51. The zero-order valence-electron chi connectivity index (χ0n) is 13.3. The molecule has 2 fully saturated rings. The van der Waals surface area contributed by atoms with E-state index in [-0.39, 0.29) is 5.91 Å². The highest BCUT2D eigenvalue weighted by molar-refractivity contribution is 5.93. The van der Waals surface area contributed by atoms with E-state index in [1.807, 2.05) is 6.92 Å². The summed E-state index contributed by atoms with van der Waals surface area (Å²) in [5.41, 5.74) is -1.50. The maximum atomic E-state index is 13.2. The van der Waals surface area contributed by atoms with Crippen molar-refractivity contribution < 1.29 is 14.7 Å². The molecule has 0 aromatic heterocycles. The minimum atomic E-state index is -0.975. The third-order valence-corrected chi connectivity index (χ3v) is 5.13. The Kier molecular flexibility index (Phi) is 4.91. The van der Waals surface area contributed by atoms with Crippen LogP contribution in [0.1, 0.15) is 65.2 Å². The highest BCUT2D eigenvalue weighted by Crippen LogP contribution is 2.38. The molecule has 5 heteroatoms. The lowest BCUT2D eigenvalue weighted by Gasteiger charge is -2.40. The van der Waals surface area contributed by atoms with Crippen molar-refractivity contribution >= 4 is 11.9 Å². The molecular weight excluding hydrogens is 268 g/mol. The number of hydrogen-bond donors (Lipinski definition) is 2. The number of amides is 1. The maximum Gasteiger partial charge on any atom is 0.329 e. The normalized spacial score (nSPS) is 32.6. The first-order valence-electron chi connectivity index (χ1n) is 8.33. The van der Waals surface area contributed by atoms with Crippen molar-refractivity contribution in [2.75, 3.05) is 13.1 Å². The fourth-order valence-corrected chi connectivity index (χ4v) is 4.17. The standard InChI is InChI=1S/C16H28N2O3/c1-3-7-15(9-5-11-17-15)13(19)18-12-6-10-16(18,8-4-2)14(20)21/h17H,3-12H2,1-2H3,(H,20,21). The Morgan fingerprint density at radius 2 is 1.86 bits per heavy atom. The summed E-state index contributed by atoms with van der Waals surface area (Å²) >= 11 is 0. The zero-order valence-corrected chi connectivity index (χ0v) is 13.3. The van der Waals surface area contributed by atoms with Gasteiger partial charge in [0.15, 0.2) is 0 Å². The third-order valence-electron chi connectivity index (χ3n) is 5.13. The molecular formula is C16H28N2O3. The Hall–Kier alpha value is -1.10. The Labute approximate surface area is 127 Å². The molecule has 2 unspecified atom stereocenters. The summed E-state index contributed by atoms with van der Waals surface area (Å²) in [5, 5.41) is 13.1. The molecule has 2 rings (SSSR count). The van der Waals surface area contributed by atoms with E-state index in [1.165, 1.54) is 0 Å². The number of likely N-dealkylation sites (tertiary alicyclic amines) is 1. The number of carbonyl (C=O) groups excluding carboxylic acids is 1. The molecule has 2 atom stereocenters. The van der Waals surface area contributed by atoms with E-state index in [9.17, 15) is 14.7 Å². The van der Waals surface area contributed by atoms with Crippen molar-refractivity contribution in [3.8, 4) is 0 Å². The summed E-state index contributed by atoms with van der Waals surface area (Å²) in [5.74, 6) is -0.810. The number of rotatable bonds is 6. The molecule has 0 aromatic rings. The van der Waals surface area contributed by atoms with Crippen LogP contribution in [0.3, 0.4) is 0 Å². The number of hydrogen-bond acceptors (Lipinski definition) is 3. The van der Waals surface area contributed by atoms with Gasteiger partial charge >= 0.3 is 5.97 Å². The van der Waals surface area contributed by atoms with Crippen LogP contribution >= 0.6 is 0 Å². The second kappa shape index (κ2) is 6.34. The van der Waals surface area contributed by atoms with E-state index in [1.54, 1.807) is 4.90 Å². The van der Waals surface area contributed by atoms with Crippen molar-refractivity contribution in [2.24, 2.45) is 0 Å². The lowest BCUT2D eigenvalue weighted by molar-refractivity contribution is -0.160. The monoisotopic (exact) mass is 296 g/mol. The number of nitrogens with zero attached hydrogens (tertiary/aromatic N) is 1. The van der Waals surface area contributed by atoms with Crippen LogP contribution in [-0.4, -0.2) is 46.1 Å². The summed E-state index contributed by atoms with van der Waals surface area (Å²) in [6.07, 6.45) is 6.26. The Morgan fingerprint density at radius 1 is 1.14 bits per heavy atom. The van der Waals surface area contributed by atoms with Crippen LogP contribution in [-0.2, 0) is 9.59 Å². The molecule has 2 aliphatic heterocycles. The summed E-state index contributed by atoms with van der Waals surface area (Å²) < 4.78 is 0. The molecule has 120 valence electrons. The lowest BCUT2D eigenvalue weighted by Crippen LogP contribution is -2.62. The molecule has 2 saturated heterocycles. The lowest BCUT2D eigenvalue weighted by atomic mass is 9.86. The van der Waals surface area contributed by atoms with E-state index >= 15 is 0 Å². The topological polar surface area (TPSA) is 69.6 Å². The third kappa shape index (κ3) is 2.68. The molecule has 1 amide bonds. The van der Waals surface area contributed by atoms with Gasteiger partial charge in [-0.3, -0.25) is 4.79 Å². The number of carboxylic acids is 1. The molecule has 5 nitrogen and oxygen atoms in total. The predicted octanol–water partition coefficient (Wildman–Crippen LogP) is 2.15. The van der Waals surface area contributed by atoms with Gasteiger partial charge in [-0.25, -0.2) is 4.79 Å². The van der Waals surface area contributed by atoms with Crippen molar-refractivity contribution in [2.45, 2.75) is 76.3 Å². The summed E-state index contributed by atoms with van der Waals surface area (Å²) in [7, 11) is 0. The summed E-state index contributed by atoms with van der Waals surface area (Å²) in [4.78, 5) is 26.7. The SMILES string of the molecule is CCCC1(C(=O)N2CCCC2(CCC)C(=O)O)CCCN1. The van der Waals surface area contributed by atoms with Gasteiger partial charge in [0, 0.05) is 6.54 Å². The highest BCUT2D eigenvalue weighted by atomic mass is 16.4. The minimum Gasteiger partial charge on any atom is -0.479 e. The van der Waals surface area contributed by atoms with Gasteiger partial charge in [-0.2, -0.15) is 0 Å². The molecule has 0 saturated carbocycles. The largest absolute Gasteiger partial charge is 0.479 e. The van der Waals surface area contributed by atoms with Crippen LogP contribution in [0.2, 0.25) is 0 Å². The molecule has 21 heavy (non-hydrogen) atoms. The van der Waals surface area contributed by atoms with E-state index in [0.717, 1.165) is 45.1 Å². The fraction of sp³-hybridized carbons (Fsp3) is 0.875. The van der Waals surface area contributed by atoms with Crippen LogP contribution in [0.4, 0.5) is 0 Å². The summed E-state index contributed by atoms with van der Waals surface area (Å²) in [6, 6.07) is 0. The van der Waals surface area contributed by atoms with Gasteiger partial charge < -0.3 is 15.3 Å². The van der Waals surface area contributed by atoms with E-state index in [4.69, 9.17) is 0 Å². The number of carbonyl (C=O) groups is 2. The van der Waals surface area contributed by atoms with E-state index in [2.05, 4.69) is 12.2 Å². The van der Waals surface area contributed by atoms with Crippen LogP contribution in [0, 0.1) is 0 Å². The smallest absolute Gasteiger partial charge is 0.329 e. The van der Waals surface area contributed by atoms with Crippen molar-refractivity contribution in [1.82, 2.24) is 10.2 Å². The van der Waals surface area contributed by atoms with Crippen LogP contribution in [0.15, 0.2) is 0 Å². The maximum absolute atomic E-state index is 13.2. The Bertz CT molecular complexity index is 404. The van der Waals surface area contributed by atoms with Gasteiger partial charge in [0.05, 0.1) is 5.54 Å². The van der Waals surface area contributed by atoms with Crippen molar-refractivity contribution in [1.29, 1.82) is 0 Å². The molecule has 0 aromatic carbocycles. The minimum absolute atomic E-state index is 0.0233. The average Bonchev–Trinajstić information content (AvgIpc) is 3.07. The van der Waals surface area contributed by atoms with Gasteiger partial charge in [0.25, 0.3) is 0 Å². The fourth-order valence-electron chi connectivity index (χ4n) is 4.17. The predicted molar refractivity (Wildman–Crippen MR) is 81.1 cm³/mol.